The van der Waals surface area contributed by atoms with Crippen LogP contribution < -0.4 is 23.4 Å². The predicted octanol–water partition coefficient (Wildman–Crippen LogP) is 1.18. The molecule has 0 saturated heterocycles. The van der Waals surface area contributed by atoms with Crippen LogP contribution in [0.2, 0.25) is 0 Å². The van der Waals surface area contributed by atoms with E-state index in [1.165, 1.54) is 37.7 Å². The molecule has 0 aliphatic heterocycles. The number of benzene rings is 1. The van der Waals surface area contributed by atoms with E-state index in [-0.39, 0.29) is 26.0 Å². The molecular formula is C14H24LiO4P. The van der Waals surface area contributed by atoms with Crippen LogP contribution in [0.1, 0.15) is 52.4 Å². The Morgan fingerprint density at radius 3 is 2.15 bits per heavy atom. The maximum Gasteiger partial charge on any atom is 1.00 e. The summed E-state index contributed by atoms with van der Waals surface area (Å²) < 4.78 is 15.1. The summed E-state index contributed by atoms with van der Waals surface area (Å²) in [4.78, 5) is 17.3. The Hall–Kier alpha value is -0.233. The van der Waals surface area contributed by atoms with Crippen molar-refractivity contribution in [2.45, 2.75) is 51.9 Å². The Kier molecular flexibility index (Phi) is 10.4. The summed E-state index contributed by atoms with van der Waals surface area (Å²) in [5, 5.41) is 0. The Labute approximate surface area is 134 Å². The monoisotopic (exact) mass is 294 g/mol. The molecule has 110 valence electrons. The molecule has 1 aromatic carbocycles. The van der Waals surface area contributed by atoms with Crippen LogP contribution in [0, 0.1) is 0 Å². The van der Waals surface area contributed by atoms with Crippen LogP contribution in [-0.4, -0.2) is 9.79 Å². The molecule has 0 amide bonds. The van der Waals surface area contributed by atoms with Crippen molar-refractivity contribution >= 4 is 7.82 Å². The van der Waals surface area contributed by atoms with Crippen molar-refractivity contribution < 1.29 is 39.2 Å². The van der Waals surface area contributed by atoms with Gasteiger partial charge < -0.3 is 5.95 Å². The van der Waals surface area contributed by atoms with Gasteiger partial charge in [0.15, 0.2) is 0 Å². The number of phosphoric ester groups is 1. The molecule has 0 bridgehead atoms. The topological polar surface area (TPSA) is 66.8 Å². The largest absolute Gasteiger partial charge is 1.00 e. The minimum atomic E-state index is -4.44. The second-order valence-corrected chi connectivity index (χ2v) is 5.91. The first-order valence-electron chi connectivity index (χ1n) is 6.85. The van der Waals surface area contributed by atoms with Crippen LogP contribution in [0.25, 0.3) is 0 Å². The second kappa shape index (κ2) is 10.5. The molecule has 0 radical (unpaired) electrons. The SMILES string of the molecule is CCCCCCCCc1ccc(OP(=O)(O)O)cc1.[H-].[Li+]. The standard InChI is InChI=1S/C14H23O4P.Li.H/c1-2-3-4-5-6-7-8-13-9-11-14(12-10-13)18-19(15,16)17;;/h9-12H,2-8H2,1H3,(H2,15,16,17);;/q;+1;-1. The van der Waals surface area contributed by atoms with E-state index in [1.807, 2.05) is 12.1 Å². The van der Waals surface area contributed by atoms with E-state index in [4.69, 9.17) is 9.79 Å². The summed E-state index contributed by atoms with van der Waals surface area (Å²) in [6.45, 7) is 2.21. The van der Waals surface area contributed by atoms with Gasteiger partial charge in [0.2, 0.25) is 0 Å². The molecule has 1 rings (SSSR count). The van der Waals surface area contributed by atoms with Crippen LogP contribution in [0.15, 0.2) is 24.3 Å². The van der Waals surface area contributed by atoms with Crippen LogP contribution >= 0.6 is 7.82 Å². The van der Waals surface area contributed by atoms with Gasteiger partial charge in [-0.15, -0.1) is 0 Å². The summed E-state index contributed by atoms with van der Waals surface area (Å²) in [6.07, 6.45) is 8.57. The van der Waals surface area contributed by atoms with Crippen molar-refractivity contribution in [3.63, 3.8) is 0 Å². The molecular weight excluding hydrogens is 270 g/mol. The maximum absolute atomic E-state index is 10.7. The molecule has 4 nitrogen and oxygen atoms in total. The van der Waals surface area contributed by atoms with Crippen molar-refractivity contribution in [3.05, 3.63) is 29.8 Å². The van der Waals surface area contributed by atoms with Crippen molar-refractivity contribution in [3.8, 4) is 5.75 Å². The first-order chi connectivity index (χ1) is 9.01. The first-order valence-corrected chi connectivity index (χ1v) is 8.38. The molecule has 0 aromatic heterocycles. The number of hydrogen-bond acceptors (Lipinski definition) is 2. The third-order valence-electron chi connectivity index (χ3n) is 2.97. The summed E-state index contributed by atoms with van der Waals surface area (Å²) in [7, 11) is -4.44. The number of hydrogen-bond donors (Lipinski definition) is 2. The molecule has 1 aromatic rings. The molecule has 0 fully saturated rings. The van der Waals surface area contributed by atoms with Gasteiger partial charge in [-0.05, 0) is 30.5 Å². The average Bonchev–Trinajstić information content (AvgIpc) is 2.34. The minimum Gasteiger partial charge on any atom is -1.00 e. The van der Waals surface area contributed by atoms with Crippen molar-refractivity contribution in [2.75, 3.05) is 0 Å². The third kappa shape index (κ3) is 9.64. The molecule has 0 saturated carbocycles. The number of rotatable bonds is 9. The van der Waals surface area contributed by atoms with Crippen molar-refractivity contribution in [1.82, 2.24) is 0 Å². The predicted molar refractivity (Wildman–Crippen MR) is 77.3 cm³/mol. The van der Waals surface area contributed by atoms with Gasteiger partial charge >= 0.3 is 26.7 Å². The zero-order valence-corrected chi connectivity index (χ0v) is 13.3. The van der Waals surface area contributed by atoms with Crippen molar-refractivity contribution in [2.24, 2.45) is 0 Å². The van der Waals surface area contributed by atoms with E-state index in [0.717, 1.165) is 12.8 Å². The zero-order valence-electron chi connectivity index (χ0n) is 13.4. The van der Waals surface area contributed by atoms with Gasteiger partial charge in [0.05, 0.1) is 0 Å². The number of unbranched alkanes of at least 4 members (excludes halogenated alkanes) is 5. The van der Waals surface area contributed by atoms with Crippen molar-refractivity contribution in [1.29, 1.82) is 0 Å². The summed E-state index contributed by atoms with van der Waals surface area (Å²) in [5.74, 6) is 0.208. The zero-order chi connectivity index (χ0) is 14.1. The number of aryl methyl sites for hydroxylation is 1. The van der Waals surface area contributed by atoms with Gasteiger partial charge in [0.25, 0.3) is 0 Å². The van der Waals surface area contributed by atoms with E-state index in [0.29, 0.717) is 0 Å². The summed E-state index contributed by atoms with van der Waals surface area (Å²) in [6, 6.07) is 6.92. The third-order valence-corrected chi connectivity index (χ3v) is 3.42. The fraction of sp³-hybridized carbons (Fsp3) is 0.571. The molecule has 0 aliphatic carbocycles. The van der Waals surface area contributed by atoms with E-state index < -0.39 is 7.82 Å². The number of phosphoric acid groups is 1. The summed E-state index contributed by atoms with van der Waals surface area (Å²) >= 11 is 0. The molecule has 0 aliphatic rings. The van der Waals surface area contributed by atoms with Gasteiger partial charge in [-0.3, -0.25) is 9.79 Å². The molecule has 0 spiro atoms. The quantitative estimate of drug-likeness (QED) is 0.408. The van der Waals surface area contributed by atoms with Gasteiger partial charge in [0, 0.05) is 0 Å². The fourth-order valence-corrected chi connectivity index (χ4v) is 2.36. The van der Waals surface area contributed by atoms with Gasteiger partial charge in [-0.1, -0.05) is 51.2 Å². The Morgan fingerprint density at radius 1 is 1.05 bits per heavy atom. The Morgan fingerprint density at radius 2 is 1.60 bits per heavy atom. The van der Waals surface area contributed by atoms with E-state index >= 15 is 0 Å². The summed E-state index contributed by atoms with van der Waals surface area (Å²) in [5.41, 5.74) is 1.17. The van der Waals surface area contributed by atoms with Crippen LogP contribution in [0.3, 0.4) is 0 Å². The first kappa shape index (κ1) is 19.8. The normalized spacial score (nSPS) is 10.9. The molecule has 2 N–H and O–H groups in total. The average molecular weight is 294 g/mol. The van der Waals surface area contributed by atoms with Gasteiger partial charge in [0.1, 0.15) is 5.75 Å². The van der Waals surface area contributed by atoms with Crippen LogP contribution in [0.4, 0.5) is 0 Å². The van der Waals surface area contributed by atoms with Crippen LogP contribution in [0.5, 0.6) is 5.75 Å². The van der Waals surface area contributed by atoms with E-state index in [9.17, 15) is 4.57 Å². The molecule has 0 atom stereocenters. The van der Waals surface area contributed by atoms with E-state index in [1.54, 1.807) is 12.1 Å². The molecule has 20 heavy (non-hydrogen) atoms. The Bertz CT molecular complexity index is 408. The van der Waals surface area contributed by atoms with Gasteiger partial charge in [-0.2, -0.15) is 0 Å². The molecule has 0 heterocycles. The Balaban J connectivity index is 0. The smallest absolute Gasteiger partial charge is 1.00 e. The molecule has 6 heteroatoms. The second-order valence-electron chi connectivity index (χ2n) is 4.74. The fourth-order valence-electron chi connectivity index (χ4n) is 1.96. The maximum atomic E-state index is 10.7. The minimum absolute atomic E-state index is 0. The van der Waals surface area contributed by atoms with Crippen LogP contribution in [-0.2, 0) is 11.0 Å². The van der Waals surface area contributed by atoms with Gasteiger partial charge in [-0.25, -0.2) is 4.57 Å². The van der Waals surface area contributed by atoms with E-state index in [2.05, 4.69) is 11.4 Å². The molecule has 0 unspecified atom stereocenters.